The Morgan fingerprint density at radius 2 is 1.76 bits per heavy atom. The van der Waals surface area contributed by atoms with E-state index in [1.807, 2.05) is 0 Å². The van der Waals surface area contributed by atoms with Gasteiger partial charge in [-0.3, -0.25) is 5.10 Å². The Kier molecular flexibility index (Phi) is 3.41. The van der Waals surface area contributed by atoms with E-state index in [0.717, 1.165) is 18.2 Å². The second-order valence-electron chi connectivity index (χ2n) is 5.48. The molecule has 2 aliphatic carbocycles. The van der Waals surface area contributed by atoms with Gasteiger partial charge in [-0.2, -0.15) is 5.10 Å². The quantitative estimate of drug-likeness (QED) is 0.841. The Bertz CT molecular complexity index is 348. The van der Waals surface area contributed by atoms with Crippen molar-refractivity contribution in [3.8, 4) is 0 Å². The van der Waals surface area contributed by atoms with E-state index in [0.29, 0.717) is 12.0 Å². The highest BCUT2D eigenvalue weighted by Gasteiger charge is 2.21. The Labute approximate surface area is 103 Å². The molecule has 2 aliphatic rings. The molecule has 0 spiro atoms. The highest BCUT2D eigenvalue weighted by Crippen LogP contribution is 2.31. The number of hydrogen-bond acceptors (Lipinski definition) is 3. The zero-order valence-electron chi connectivity index (χ0n) is 10.4. The zero-order valence-corrected chi connectivity index (χ0v) is 10.4. The summed E-state index contributed by atoms with van der Waals surface area (Å²) in [5.41, 5.74) is 0. The molecule has 0 aliphatic heterocycles. The lowest BCUT2D eigenvalue weighted by Crippen LogP contribution is -2.25. The van der Waals surface area contributed by atoms with E-state index in [4.69, 9.17) is 0 Å². The second kappa shape index (κ2) is 5.17. The summed E-state index contributed by atoms with van der Waals surface area (Å²) < 4.78 is 0. The van der Waals surface area contributed by atoms with Gasteiger partial charge in [-0.15, -0.1) is 0 Å². The lowest BCUT2D eigenvalue weighted by Gasteiger charge is -2.09. The van der Waals surface area contributed by atoms with E-state index in [9.17, 15) is 0 Å². The van der Waals surface area contributed by atoms with E-state index in [-0.39, 0.29) is 0 Å². The minimum Gasteiger partial charge on any atom is -0.307 e. The van der Waals surface area contributed by atoms with E-state index in [2.05, 4.69) is 20.5 Å². The van der Waals surface area contributed by atoms with Gasteiger partial charge in [0, 0.05) is 12.0 Å². The third kappa shape index (κ3) is 2.68. The monoisotopic (exact) mass is 234 g/mol. The first-order valence-corrected chi connectivity index (χ1v) is 7.06. The molecule has 4 heteroatoms. The van der Waals surface area contributed by atoms with Gasteiger partial charge in [0.05, 0.1) is 6.54 Å². The average molecular weight is 234 g/mol. The van der Waals surface area contributed by atoms with Crippen LogP contribution in [0.5, 0.6) is 0 Å². The Hall–Kier alpha value is -0.900. The summed E-state index contributed by atoms with van der Waals surface area (Å²) in [5.74, 6) is 2.68. The van der Waals surface area contributed by atoms with Gasteiger partial charge in [0.15, 0.2) is 5.82 Å². The van der Waals surface area contributed by atoms with Crippen LogP contribution in [0.15, 0.2) is 0 Å². The van der Waals surface area contributed by atoms with Crippen molar-refractivity contribution in [2.45, 2.75) is 69.9 Å². The van der Waals surface area contributed by atoms with Gasteiger partial charge in [0.25, 0.3) is 0 Å². The summed E-state index contributed by atoms with van der Waals surface area (Å²) in [6.07, 6.45) is 10.6. The molecular weight excluding hydrogens is 212 g/mol. The number of hydrogen-bond donors (Lipinski definition) is 2. The molecule has 17 heavy (non-hydrogen) atoms. The molecule has 1 aromatic heterocycles. The zero-order chi connectivity index (χ0) is 11.5. The van der Waals surface area contributed by atoms with Crippen LogP contribution in [0, 0.1) is 0 Å². The molecule has 94 valence electrons. The van der Waals surface area contributed by atoms with Crippen LogP contribution in [0.3, 0.4) is 0 Å². The molecule has 4 nitrogen and oxygen atoms in total. The highest BCUT2D eigenvalue weighted by atomic mass is 15.2. The largest absolute Gasteiger partial charge is 0.307 e. The average Bonchev–Trinajstić information content (AvgIpc) is 3.09. The van der Waals surface area contributed by atoms with Crippen LogP contribution in [-0.4, -0.2) is 21.2 Å². The molecule has 0 saturated heterocycles. The standard InChI is InChI=1S/C13H22N4/c1-2-6-10(5-1)13-15-12(16-17-13)9-14-11-7-3-4-8-11/h10-11,14H,1-9H2,(H,15,16,17). The molecule has 0 amide bonds. The van der Waals surface area contributed by atoms with Crippen molar-refractivity contribution in [1.82, 2.24) is 20.5 Å². The topological polar surface area (TPSA) is 53.6 Å². The van der Waals surface area contributed by atoms with Crippen LogP contribution in [-0.2, 0) is 6.54 Å². The summed E-state index contributed by atoms with van der Waals surface area (Å²) in [5, 5.41) is 11.0. The van der Waals surface area contributed by atoms with Crippen molar-refractivity contribution < 1.29 is 0 Å². The lowest BCUT2D eigenvalue weighted by atomic mass is 10.1. The number of aromatic amines is 1. The number of rotatable bonds is 4. The van der Waals surface area contributed by atoms with Crippen LogP contribution in [0.25, 0.3) is 0 Å². The van der Waals surface area contributed by atoms with Crippen LogP contribution in [0.4, 0.5) is 0 Å². The molecule has 2 N–H and O–H groups in total. The van der Waals surface area contributed by atoms with Crippen molar-refractivity contribution in [1.29, 1.82) is 0 Å². The van der Waals surface area contributed by atoms with Gasteiger partial charge in [0.1, 0.15) is 5.82 Å². The SMILES string of the molecule is C1CCC(NCc2nc(C3CCCC3)n[nH]2)C1. The molecule has 0 aromatic carbocycles. The van der Waals surface area contributed by atoms with Crippen LogP contribution >= 0.6 is 0 Å². The van der Waals surface area contributed by atoms with E-state index < -0.39 is 0 Å². The minimum absolute atomic E-state index is 0.617. The maximum absolute atomic E-state index is 4.62. The molecule has 1 heterocycles. The molecule has 0 bridgehead atoms. The lowest BCUT2D eigenvalue weighted by molar-refractivity contribution is 0.514. The van der Waals surface area contributed by atoms with Crippen molar-refractivity contribution >= 4 is 0 Å². The summed E-state index contributed by atoms with van der Waals surface area (Å²) in [6.45, 7) is 0.852. The fourth-order valence-electron chi connectivity index (χ4n) is 3.13. The molecule has 2 fully saturated rings. The first-order chi connectivity index (χ1) is 8.42. The fourth-order valence-corrected chi connectivity index (χ4v) is 3.13. The van der Waals surface area contributed by atoms with Gasteiger partial charge in [0.2, 0.25) is 0 Å². The van der Waals surface area contributed by atoms with E-state index in [1.165, 1.54) is 51.4 Å². The predicted octanol–water partition coefficient (Wildman–Crippen LogP) is 2.49. The van der Waals surface area contributed by atoms with Gasteiger partial charge in [-0.05, 0) is 25.7 Å². The fraction of sp³-hybridized carbons (Fsp3) is 0.846. The summed E-state index contributed by atoms with van der Waals surface area (Å²) >= 11 is 0. The smallest absolute Gasteiger partial charge is 0.153 e. The number of aromatic nitrogens is 3. The normalized spacial score (nSPS) is 22.6. The van der Waals surface area contributed by atoms with E-state index in [1.54, 1.807) is 0 Å². The molecule has 0 unspecified atom stereocenters. The Morgan fingerprint density at radius 3 is 2.53 bits per heavy atom. The number of H-pyrrole nitrogens is 1. The van der Waals surface area contributed by atoms with Crippen molar-refractivity contribution in [2.75, 3.05) is 0 Å². The van der Waals surface area contributed by atoms with Crippen LogP contribution < -0.4 is 5.32 Å². The molecular formula is C13H22N4. The molecule has 0 atom stereocenters. The molecule has 1 aromatic rings. The summed E-state index contributed by atoms with van der Waals surface area (Å²) in [6, 6.07) is 0.704. The van der Waals surface area contributed by atoms with Crippen molar-refractivity contribution in [2.24, 2.45) is 0 Å². The minimum atomic E-state index is 0.617. The third-order valence-corrected chi connectivity index (χ3v) is 4.18. The molecule has 0 radical (unpaired) electrons. The first-order valence-electron chi connectivity index (χ1n) is 7.06. The number of nitrogens with one attached hydrogen (secondary N) is 2. The molecule has 3 rings (SSSR count). The number of nitrogens with zero attached hydrogens (tertiary/aromatic N) is 2. The predicted molar refractivity (Wildman–Crippen MR) is 66.7 cm³/mol. The Morgan fingerprint density at radius 1 is 1.06 bits per heavy atom. The first kappa shape index (κ1) is 11.2. The second-order valence-corrected chi connectivity index (χ2v) is 5.48. The maximum atomic E-state index is 4.62. The van der Waals surface area contributed by atoms with Crippen molar-refractivity contribution in [3.63, 3.8) is 0 Å². The Balaban J connectivity index is 1.52. The molecule has 2 saturated carbocycles. The van der Waals surface area contributed by atoms with Gasteiger partial charge >= 0.3 is 0 Å². The van der Waals surface area contributed by atoms with Gasteiger partial charge in [-0.1, -0.05) is 25.7 Å². The van der Waals surface area contributed by atoms with Gasteiger partial charge in [-0.25, -0.2) is 4.98 Å². The summed E-state index contributed by atoms with van der Waals surface area (Å²) in [4.78, 5) is 4.62. The van der Waals surface area contributed by atoms with Gasteiger partial charge < -0.3 is 5.32 Å². The maximum Gasteiger partial charge on any atom is 0.153 e. The van der Waals surface area contributed by atoms with Crippen LogP contribution in [0.1, 0.15) is 68.9 Å². The van der Waals surface area contributed by atoms with Crippen molar-refractivity contribution in [3.05, 3.63) is 11.6 Å². The summed E-state index contributed by atoms with van der Waals surface area (Å²) in [7, 11) is 0. The highest BCUT2D eigenvalue weighted by molar-refractivity contribution is 5.00. The third-order valence-electron chi connectivity index (χ3n) is 4.18. The van der Waals surface area contributed by atoms with Crippen LogP contribution in [0.2, 0.25) is 0 Å². The van der Waals surface area contributed by atoms with E-state index >= 15 is 0 Å².